The van der Waals surface area contributed by atoms with Crippen molar-refractivity contribution < 1.29 is 32.6 Å². The van der Waals surface area contributed by atoms with E-state index in [0.717, 1.165) is 51.9 Å². The van der Waals surface area contributed by atoms with Gasteiger partial charge in [-0.1, -0.05) is 0 Å². The molecular formula is C23H33F3N2O4S. The van der Waals surface area contributed by atoms with Crippen molar-refractivity contribution in [3.05, 3.63) is 21.9 Å². The Morgan fingerprint density at radius 3 is 2.36 bits per heavy atom. The third-order valence-corrected chi connectivity index (χ3v) is 8.06. The SMILES string of the molecule is CC(=O)N1CC(COCC2CC2)C2(CCN(Cc3sccc3C)CC2)C1.O=C(O)C(F)(F)F. The van der Waals surface area contributed by atoms with Crippen LogP contribution in [0.25, 0.3) is 0 Å². The van der Waals surface area contributed by atoms with Gasteiger partial charge in [0, 0.05) is 44.0 Å². The molecule has 3 fully saturated rings. The number of thiophene rings is 1. The number of amides is 1. The van der Waals surface area contributed by atoms with E-state index in [1.807, 2.05) is 11.3 Å². The number of rotatable bonds is 6. The molecule has 3 aliphatic rings. The summed E-state index contributed by atoms with van der Waals surface area (Å²) in [7, 11) is 0. The number of carboxylic acids is 1. The number of nitrogens with zero attached hydrogens (tertiary/aromatic N) is 2. The average Bonchev–Trinajstić information content (AvgIpc) is 3.38. The molecule has 6 nitrogen and oxygen atoms in total. The van der Waals surface area contributed by atoms with E-state index in [1.54, 1.807) is 6.92 Å². The van der Waals surface area contributed by atoms with Gasteiger partial charge in [0.15, 0.2) is 0 Å². The van der Waals surface area contributed by atoms with Crippen molar-refractivity contribution >= 4 is 23.2 Å². The molecule has 1 saturated carbocycles. The highest BCUT2D eigenvalue weighted by Gasteiger charge is 2.48. The molecule has 2 aliphatic heterocycles. The first-order valence-corrected chi connectivity index (χ1v) is 12.3. The summed E-state index contributed by atoms with van der Waals surface area (Å²) in [4.78, 5) is 27.1. The van der Waals surface area contributed by atoms with Gasteiger partial charge in [0.25, 0.3) is 0 Å². The van der Waals surface area contributed by atoms with Gasteiger partial charge in [-0.3, -0.25) is 9.69 Å². The number of piperidine rings is 1. The van der Waals surface area contributed by atoms with E-state index in [9.17, 15) is 18.0 Å². The Bertz CT molecular complexity index is 817. The van der Waals surface area contributed by atoms with E-state index in [1.165, 1.54) is 36.1 Å². The molecule has 1 N–H and O–H groups in total. The van der Waals surface area contributed by atoms with Gasteiger partial charge in [0.1, 0.15) is 0 Å². The quantitative estimate of drug-likeness (QED) is 0.648. The van der Waals surface area contributed by atoms with Gasteiger partial charge in [0.2, 0.25) is 5.91 Å². The number of aliphatic carboxylic acids is 1. The van der Waals surface area contributed by atoms with E-state index in [-0.39, 0.29) is 11.3 Å². The van der Waals surface area contributed by atoms with Gasteiger partial charge in [-0.05, 0) is 74.0 Å². The fraction of sp³-hybridized carbons (Fsp3) is 0.739. The molecule has 1 unspecified atom stereocenters. The number of alkyl halides is 3. The fourth-order valence-electron chi connectivity index (χ4n) is 4.66. The predicted molar refractivity (Wildman–Crippen MR) is 119 cm³/mol. The zero-order chi connectivity index (χ0) is 24.2. The lowest BCUT2D eigenvalue weighted by Gasteiger charge is -2.42. The van der Waals surface area contributed by atoms with Crippen LogP contribution in [0.5, 0.6) is 0 Å². The number of carbonyl (C=O) groups excluding carboxylic acids is 1. The summed E-state index contributed by atoms with van der Waals surface area (Å²) >= 11 is 1.88. The van der Waals surface area contributed by atoms with Crippen molar-refractivity contribution in [2.75, 3.05) is 39.4 Å². The molecule has 1 atom stereocenters. The van der Waals surface area contributed by atoms with Crippen LogP contribution in [-0.4, -0.2) is 72.4 Å². The van der Waals surface area contributed by atoms with E-state index in [0.29, 0.717) is 5.92 Å². The van der Waals surface area contributed by atoms with Crippen molar-refractivity contribution in [3.63, 3.8) is 0 Å². The molecule has 3 heterocycles. The first-order valence-electron chi connectivity index (χ1n) is 11.4. The summed E-state index contributed by atoms with van der Waals surface area (Å²) in [6.45, 7) is 10.9. The zero-order valence-corrected chi connectivity index (χ0v) is 20.0. The van der Waals surface area contributed by atoms with Crippen LogP contribution in [0.15, 0.2) is 11.4 Å². The third kappa shape index (κ3) is 7.16. The summed E-state index contributed by atoms with van der Waals surface area (Å²) in [6, 6.07) is 2.22. The summed E-state index contributed by atoms with van der Waals surface area (Å²) < 4.78 is 37.8. The van der Waals surface area contributed by atoms with Crippen LogP contribution in [0.3, 0.4) is 0 Å². The van der Waals surface area contributed by atoms with Crippen molar-refractivity contribution in [1.29, 1.82) is 0 Å². The number of ether oxygens (including phenoxy) is 1. The molecule has 1 aromatic heterocycles. The third-order valence-electron chi connectivity index (χ3n) is 7.06. The molecule has 0 radical (unpaired) electrons. The molecule has 2 saturated heterocycles. The second-order valence-corrected chi connectivity index (χ2v) is 10.5. The van der Waals surface area contributed by atoms with Crippen molar-refractivity contribution in [3.8, 4) is 0 Å². The molecule has 1 aliphatic carbocycles. The van der Waals surface area contributed by atoms with Gasteiger partial charge in [-0.25, -0.2) is 4.79 Å². The standard InChI is InChI=1S/C21H32N2O2S.C2HF3O2/c1-16-5-10-26-20(16)12-22-8-6-21(7-9-22)15-23(17(2)24)11-19(21)14-25-13-18-3-4-18;3-2(4,5)1(6)7/h5,10,18-19H,3-4,6-9,11-15H2,1-2H3;(H,6,7). The van der Waals surface area contributed by atoms with Crippen molar-refractivity contribution in [1.82, 2.24) is 9.80 Å². The van der Waals surface area contributed by atoms with E-state index >= 15 is 0 Å². The monoisotopic (exact) mass is 490 g/mol. The Balaban J connectivity index is 0.000000383. The summed E-state index contributed by atoms with van der Waals surface area (Å²) in [5, 5.41) is 9.32. The van der Waals surface area contributed by atoms with Crippen LogP contribution in [0.1, 0.15) is 43.0 Å². The van der Waals surface area contributed by atoms with Gasteiger partial charge in [0.05, 0.1) is 6.61 Å². The molecule has 0 bridgehead atoms. The molecular weight excluding hydrogens is 457 g/mol. The second-order valence-electron chi connectivity index (χ2n) is 9.55. The molecule has 1 aromatic rings. The van der Waals surface area contributed by atoms with Crippen LogP contribution in [0, 0.1) is 24.2 Å². The van der Waals surface area contributed by atoms with E-state index < -0.39 is 12.1 Å². The van der Waals surface area contributed by atoms with Crippen LogP contribution in [0.4, 0.5) is 13.2 Å². The highest BCUT2D eigenvalue weighted by atomic mass is 32.1. The number of carboxylic acid groups (broad SMARTS) is 1. The van der Waals surface area contributed by atoms with Crippen molar-refractivity contribution in [2.24, 2.45) is 17.3 Å². The first kappa shape index (κ1) is 26.0. The smallest absolute Gasteiger partial charge is 0.475 e. The topological polar surface area (TPSA) is 70.1 Å². The number of carbonyl (C=O) groups is 2. The number of halogens is 3. The lowest BCUT2D eigenvalue weighted by molar-refractivity contribution is -0.192. The lowest BCUT2D eigenvalue weighted by Crippen LogP contribution is -2.45. The Kier molecular flexibility index (Phi) is 8.45. The molecule has 1 spiro atoms. The fourth-order valence-corrected chi connectivity index (χ4v) is 5.60. The molecule has 4 rings (SSSR count). The maximum Gasteiger partial charge on any atom is 0.490 e. The van der Waals surface area contributed by atoms with Gasteiger partial charge < -0.3 is 14.7 Å². The van der Waals surface area contributed by atoms with Crippen LogP contribution in [-0.2, 0) is 20.9 Å². The number of likely N-dealkylation sites (tertiary alicyclic amines) is 2. The van der Waals surface area contributed by atoms with Crippen LogP contribution in [0.2, 0.25) is 0 Å². The molecule has 0 aromatic carbocycles. The van der Waals surface area contributed by atoms with E-state index in [4.69, 9.17) is 14.6 Å². The molecule has 33 heavy (non-hydrogen) atoms. The van der Waals surface area contributed by atoms with Gasteiger partial charge >= 0.3 is 12.1 Å². The molecule has 10 heteroatoms. The largest absolute Gasteiger partial charge is 0.490 e. The number of hydrogen-bond donors (Lipinski definition) is 1. The van der Waals surface area contributed by atoms with Crippen LogP contribution >= 0.6 is 11.3 Å². The highest BCUT2D eigenvalue weighted by Crippen LogP contribution is 2.45. The predicted octanol–water partition coefficient (Wildman–Crippen LogP) is 4.18. The maximum absolute atomic E-state index is 12.0. The maximum atomic E-state index is 12.0. The minimum Gasteiger partial charge on any atom is -0.475 e. The molecule has 1 amide bonds. The summed E-state index contributed by atoms with van der Waals surface area (Å²) in [5.41, 5.74) is 1.70. The zero-order valence-electron chi connectivity index (χ0n) is 19.2. The van der Waals surface area contributed by atoms with Gasteiger partial charge in [-0.2, -0.15) is 13.2 Å². The average molecular weight is 491 g/mol. The summed E-state index contributed by atoms with van der Waals surface area (Å²) in [6.07, 6.45) is -0.0176. The lowest BCUT2D eigenvalue weighted by atomic mass is 9.71. The normalized spacial score (nSPS) is 22.8. The second kappa shape index (κ2) is 10.7. The minimum atomic E-state index is -5.08. The number of hydrogen-bond acceptors (Lipinski definition) is 5. The molecule has 186 valence electrons. The Hall–Kier alpha value is -1.65. The number of aryl methyl sites for hydroxylation is 1. The summed E-state index contributed by atoms with van der Waals surface area (Å²) in [5.74, 6) is -1.21. The Labute approximate surface area is 196 Å². The van der Waals surface area contributed by atoms with Crippen LogP contribution < -0.4 is 0 Å². The van der Waals surface area contributed by atoms with E-state index in [2.05, 4.69) is 28.2 Å². The Morgan fingerprint density at radius 2 is 1.88 bits per heavy atom. The van der Waals surface area contributed by atoms with Gasteiger partial charge in [-0.15, -0.1) is 11.3 Å². The minimum absolute atomic E-state index is 0.228. The van der Waals surface area contributed by atoms with Crippen molar-refractivity contribution in [2.45, 2.75) is 52.3 Å². The Morgan fingerprint density at radius 1 is 1.24 bits per heavy atom. The first-order chi connectivity index (χ1) is 15.5. The highest BCUT2D eigenvalue weighted by molar-refractivity contribution is 7.10.